The van der Waals surface area contributed by atoms with Crippen LogP contribution in [0.1, 0.15) is 19.4 Å². The molecule has 1 N–H and O–H groups in total. The summed E-state index contributed by atoms with van der Waals surface area (Å²) in [5.41, 5.74) is 0.730. The Morgan fingerprint density at radius 1 is 1.28 bits per heavy atom. The maximum atomic E-state index is 11.8. The summed E-state index contributed by atoms with van der Waals surface area (Å²) in [6.07, 6.45) is 0.192. The lowest BCUT2D eigenvalue weighted by molar-refractivity contribution is -0.131. The lowest BCUT2D eigenvalue weighted by Crippen LogP contribution is -2.23. The minimum absolute atomic E-state index is 0.192. The van der Waals surface area contributed by atoms with Crippen molar-refractivity contribution in [3.63, 3.8) is 0 Å². The van der Waals surface area contributed by atoms with Crippen molar-refractivity contribution < 1.29 is 18.0 Å². The average Bonchev–Trinajstić information content (AvgIpc) is 2.36. The topological polar surface area (TPSA) is 80.3 Å². The molecule has 1 rings (SSSR count). The van der Waals surface area contributed by atoms with Crippen LogP contribution in [0.15, 0.2) is 29.2 Å². The van der Waals surface area contributed by atoms with Gasteiger partial charge in [0.15, 0.2) is 9.84 Å². The highest BCUT2D eigenvalue weighted by molar-refractivity contribution is 7.92. The van der Waals surface area contributed by atoms with Crippen molar-refractivity contribution in [1.29, 1.82) is 0 Å². The maximum Gasteiger partial charge on any atom is 0.284 e. The molecule has 0 spiro atoms. The van der Waals surface area contributed by atoms with E-state index in [2.05, 4.69) is 5.32 Å². The van der Waals surface area contributed by atoms with Crippen LogP contribution in [0.25, 0.3) is 0 Å². The summed E-state index contributed by atoms with van der Waals surface area (Å²) in [6, 6.07) is 6.22. The highest BCUT2D eigenvalue weighted by Crippen LogP contribution is 2.16. The largest absolute Gasteiger partial charge is 0.346 e. The third-order valence-electron chi connectivity index (χ3n) is 2.45. The Morgan fingerprint density at radius 3 is 2.28 bits per heavy atom. The van der Waals surface area contributed by atoms with Gasteiger partial charge in [0.05, 0.1) is 10.1 Å². The Morgan fingerprint density at radius 2 is 1.83 bits per heavy atom. The normalized spacial score (nSPS) is 11.3. The van der Waals surface area contributed by atoms with Crippen LogP contribution < -0.4 is 5.32 Å². The number of sulfone groups is 1. The molecule has 0 aromatic heterocycles. The van der Waals surface area contributed by atoms with E-state index in [9.17, 15) is 18.0 Å². The van der Waals surface area contributed by atoms with Gasteiger partial charge in [0.1, 0.15) is 0 Å². The van der Waals surface area contributed by atoms with Crippen molar-refractivity contribution in [1.82, 2.24) is 5.32 Å². The summed E-state index contributed by atoms with van der Waals surface area (Å²) >= 11 is 0. The van der Waals surface area contributed by atoms with Crippen LogP contribution >= 0.6 is 0 Å². The molecule has 0 aliphatic rings. The zero-order valence-corrected chi connectivity index (χ0v) is 11.0. The molecule has 0 aliphatic heterocycles. The second kappa shape index (κ2) is 5.77. The first-order valence-electron chi connectivity index (χ1n) is 5.43. The van der Waals surface area contributed by atoms with Crippen molar-refractivity contribution in [2.45, 2.75) is 30.5 Å². The molecule has 0 heterocycles. The number of aldehydes is 1. The SMILES string of the molecule is CC(C)S(=O)(=O)c1ccc(CNC(=O)C=O)cc1. The van der Waals surface area contributed by atoms with Gasteiger partial charge >= 0.3 is 0 Å². The molecule has 0 bridgehead atoms. The van der Waals surface area contributed by atoms with Crippen molar-refractivity contribution in [2.24, 2.45) is 0 Å². The second-order valence-corrected chi connectivity index (χ2v) is 6.58. The van der Waals surface area contributed by atoms with E-state index in [1.54, 1.807) is 26.0 Å². The highest BCUT2D eigenvalue weighted by atomic mass is 32.2. The standard InChI is InChI=1S/C12H15NO4S/c1-9(2)18(16,17)11-5-3-10(4-6-11)7-13-12(15)8-14/h3-6,8-9H,7H2,1-2H3,(H,13,15). The molecule has 0 atom stereocenters. The molecule has 6 heteroatoms. The minimum atomic E-state index is -3.27. The number of hydrogen-bond acceptors (Lipinski definition) is 4. The first kappa shape index (κ1) is 14.4. The van der Waals surface area contributed by atoms with E-state index in [4.69, 9.17) is 0 Å². The smallest absolute Gasteiger partial charge is 0.284 e. The minimum Gasteiger partial charge on any atom is -0.346 e. The van der Waals surface area contributed by atoms with Gasteiger partial charge in [-0.1, -0.05) is 12.1 Å². The first-order chi connectivity index (χ1) is 8.37. The summed E-state index contributed by atoms with van der Waals surface area (Å²) in [5.74, 6) is -0.700. The number of carbonyl (C=O) groups excluding carboxylic acids is 2. The zero-order valence-electron chi connectivity index (χ0n) is 10.2. The molecule has 0 aliphatic carbocycles. The molecule has 98 valence electrons. The lowest BCUT2D eigenvalue weighted by Gasteiger charge is -2.08. The third-order valence-corrected chi connectivity index (χ3v) is 4.62. The molecular weight excluding hydrogens is 254 g/mol. The van der Waals surface area contributed by atoms with E-state index < -0.39 is 21.0 Å². The summed E-state index contributed by atoms with van der Waals surface area (Å²) in [6.45, 7) is 3.43. The third kappa shape index (κ3) is 3.40. The molecule has 1 aromatic carbocycles. The molecule has 0 fully saturated rings. The van der Waals surface area contributed by atoms with Gasteiger partial charge in [-0.3, -0.25) is 9.59 Å². The maximum absolute atomic E-state index is 11.8. The van der Waals surface area contributed by atoms with E-state index in [0.29, 0.717) is 0 Å². The number of rotatable bonds is 5. The fourth-order valence-corrected chi connectivity index (χ4v) is 2.36. The van der Waals surface area contributed by atoms with E-state index in [1.807, 2.05) is 0 Å². The Labute approximate surface area is 106 Å². The lowest BCUT2D eigenvalue weighted by atomic mass is 10.2. The van der Waals surface area contributed by atoms with Crippen molar-refractivity contribution in [3.05, 3.63) is 29.8 Å². The van der Waals surface area contributed by atoms with Crippen molar-refractivity contribution >= 4 is 22.0 Å². The van der Waals surface area contributed by atoms with Gasteiger partial charge in [0.2, 0.25) is 6.29 Å². The fraction of sp³-hybridized carbons (Fsp3) is 0.333. The molecule has 5 nitrogen and oxygen atoms in total. The van der Waals surface area contributed by atoms with E-state index in [1.165, 1.54) is 12.1 Å². The molecule has 1 aromatic rings. The number of benzene rings is 1. The zero-order chi connectivity index (χ0) is 13.8. The average molecular weight is 269 g/mol. The second-order valence-electron chi connectivity index (χ2n) is 4.07. The monoisotopic (exact) mass is 269 g/mol. The molecule has 0 saturated carbocycles. The van der Waals surface area contributed by atoms with Gasteiger partial charge in [-0.2, -0.15) is 0 Å². The predicted molar refractivity (Wildman–Crippen MR) is 66.7 cm³/mol. The van der Waals surface area contributed by atoms with Crippen LogP contribution in [0, 0.1) is 0 Å². The molecule has 0 saturated heterocycles. The van der Waals surface area contributed by atoms with Crippen LogP contribution in [0.5, 0.6) is 0 Å². The van der Waals surface area contributed by atoms with Gasteiger partial charge in [-0.05, 0) is 31.5 Å². The molecule has 0 unspecified atom stereocenters. The molecule has 0 radical (unpaired) electrons. The van der Waals surface area contributed by atoms with Gasteiger partial charge in [0, 0.05) is 6.54 Å². The first-order valence-corrected chi connectivity index (χ1v) is 6.98. The van der Waals surface area contributed by atoms with Crippen LogP contribution in [-0.4, -0.2) is 25.9 Å². The Kier molecular flexibility index (Phi) is 4.61. The van der Waals surface area contributed by atoms with E-state index in [0.717, 1.165) is 5.56 Å². The van der Waals surface area contributed by atoms with E-state index >= 15 is 0 Å². The highest BCUT2D eigenvalue weighted by Gasteiger charge is 2.18. The summed E-state index contributed by atoms with van der Waals surface area (Å²) < 4.78 is 23.7. The van der Waals surface area contributed by atoms with Crippen LogP contribution in [0.4, 0.5) is 0 Å². The van der Waals surface area contributed by atoms with Crippen LogP contribution in [0.2, 0.25) is 0 Å². The van der Waals surface area contributed by atoms with Gasteiger partial charge in [0.25, 0.3) is 5.91 Å². The summed E-state index contributed by atoms with van der Waals surface area (Å²) in [5, 5.41) is 1.90. The predicted octanol–water partition coefficient (Wildman–Crippen LogP) is 0.684. The Balaban J connectivity index is 2.81. The van der Waals surface area contributed by atoms with Crippen molar-refractivity contribution in [2.75, 3.05) is 0 Å². The molecular formula is C12H15NO4S. The number of hydrogen-bond donors (Lipinski definition) is 1. The van der Waals surface area contributed by atoms with Crippen molar-refractivity contribution in [3.8, 4) is 0 Å². The number of carbonyl (C=O) groups is 2. The number of nitrogens with one attached hydrogen (secondary N) is 1. The van der Waals surface area contributed by atoms with Crippen LogP contribution in [-0.2, 0) is 26.0 Å². The molecule has 18 heavy (non-hydrogen) atoms. The van der Waals surface area contributed by atoms with Gasteiger partial charge in [-0.15, -0.1) is 0 Å². The Hall–Kier alpha value is -1.69. The van der Waals surface area contributed by atoms with Crippen LogP contribution in [0.3, 0.4) is 0 Å². The van der Waals surface area contributed by atoms with Gasteiger partial charge < -0.3 is 5.32 Å². The Bertz CT molecular complexity index is 532. The summed E-state index contributed by atoms with van der Waals surface area (Å²) in [4.78, 5) is 21.1. The van der Waals surface area contributed by atoms with Gasteiger partial charge in [-0.25, -0.2) is 8.42 Å². The van der Waals surface area contributed by atoms with E-state index in [-0.39, 0.29) is 17.7 Å². The molecule has 1 amide bonds. The summed E-state index contributed by atoms with van der Waals surface area (Å²) in [7, 11) is -3.27. The quantitative estimate of drug-likeness (QED) is 0.629. The fourth-order valence-electron chi connectivity index (χ4n) is 1.30. The number of amides is 1.